The molecule has 2 bridgehead atoms. The molecule has 1 fully saturated rings. The Hall–Kier alpha value is 0.271. The molecular weight excluding hydrogens is 300 g/mol. The highest BCUT2D eigenvalue weighted by Crippen LogP contribution is 2.53. The predicted molar refractivity (Wildman–Crippen MR) is 90.7 cm³/mol. The lowest BCUT2D eigenvalue weighted by Gasteiger charge is -2.43. The summed E-state index contributed by atoms with van der Waals surface area (Å²) in [6.07, 6.45) is 7.21. The minimum absolute atomic E-state index is 0.473. The monoisotopic (exact) mass is 330 g/mol. The van der Waals surface area contributed by atoms with Crippen LogP contribution in [0.1, 0.15) is 12.8 Å². The third kappa shape index (κ3) is 3.72. The molecule has 2 aliphatic carbocycles. The van der Waals surface area contributed by atoms with E-state index >= 15 is 0 Å². The second kappa shape index (κ2) is 5.48. The lowest BCUT2D eigenvalue weighted by atomic mass is 10.1. The van der Waals surface area contributed by atoms with Crippen molar-refractivity contribution in [2.45, 2.75) is 57.7 Å². The molecule has 0 heterocycles. The Bertz CT molecular complexity index is 368. The molecule has 3 nitrogen and oxygen atoms in total. The highest BCUT2D eigenvalue weighted by molar-refractivity contribution is 6.86. The summed E-state index contributed by atoms with van der Waals surface area (Å²) < 4.78 is 19.3. The Morgan fingerprint density at radius 3 is 1.70 bits per heavy atom. The van der Waals surface area contributed by atoms with Crippen LogP contribution in [-0.2, 0) is 12.7 Å². The van der Waals surface area contributed by atoms with Gasteiger partial charge in [0.15, 0.2) is 16.6 Å². The van der Waals surface area contributed by atoms with Crippen LogP contribution in [0, 0.1) is 11.8 Å². The molecule has 0 aromatic rings. The molecule has 2 aliphatic rings. The highest BCUT2D eigenvalue weighted by atomic mass is 28.5. The second-order valence-electron chi connectivity index (χ2n) is 8.12. The average molecular weight is 331 g/mol. The van der Waals surface area contributed by atoms with E-state index in [-0.39, 0.29) is 0 Å². The lowest BCUT2D eigenvalue weighted by Crippen LogP contribution is -2.59. The molecule has 0 saturated heterocycles. The van der Waals surface area contributed by atoms with Gasteiger partial charge in [-0.15, -0.1) is 0 Å². The Kier molecular flexibility index (Phi) is 4.56. The minimum Gasteiger partial charge on any atom is -0.416 e. The van der Waals surface area contributed by atoms with Crippen LogP contribution in [0.3, 0.4) is 0 Å². The summed E-state index contributed by atoms with van der Waals surface area (Å²) in [4.78, 5) is 0. The molecule has 116 valence electrons. The van der Waals surface area contributed by atoms with E-state index in [2.05, 4.69) is 51.4 Å². The number of fused-ring (bicyclic) bond motifs is 2. The summed E-state index contributed by atoms with van der Waals surface area (Å²) in [7, 11) is -4.18. The van der Waals surface area contributed by atoms with Crippen molar-refractivity contribution in [3.63, 3.8) is 0 Å². The van der Waals surface area contributed by atoms with Gasteiger partial charge in [-0.2, -0.15) is 0 Å². The summed E-state index contributed by atoms with van der Waals surface area (Å²) in [5.41, 5.74) is 0.473. The molecule has 20 heavy (non-hydrogen) atoms. The molecule has 0 aromatic heterocycles. The van der Waals surface area contributed by atoms with E-state index in [0.717, 1.165) is 5.92 Å². The van der Waals surface area contributed by atoms with Crippen LogP contribution < -0.4 is 0 Å². The van der Waals surface area contributed by atoms with E-state index < -0.39 is 25.4 Å². The summed E-state index contributed by atoms with van der Waals surface area (Å²) in [5.74, 6) is 1.34. The van der Waals surface area contributed by atoms with Crippen molar-refractivity contribution in [1.29, 1.82) is 0 Å². The van der Waals surface area contributed by atoms with Gasteiger partial charge in [-0.05, 0) is 64.0 Å². The lowest BCUT2D eigenvalue weighted by molar-refractivity contribution is 0.178. The zero-order valence-electron chi connectivity index (χ0n) is 14.0. The molecular formula is C14H30O3Si3. The Morgan fingerprint density at radius 2 is 1.40 bits per heavy atom. The van der Waals surface area contributed by atoms with Crippen molar-refractivity contribution in [3.8, 4) is 0 Å². The van der Waals surface area contributed by atoms with Gasteiger partial charge in [0.05, 0.1) is 0 Å². The van der Waals surface area contributed by atoms with Gasteiger partial charge in [0.25, 0.3) is 0 Å². The summed E-state index contributed by atoms with van der Waals surface area (Å²) in [6.45, 7) is 13.4. The van der Waals surface area contributed by atoms with Crippen molar-refractivity contribution in [3.05, 3.63) is 12.2 Å². The summed E-state index contributed by atoms with van der Waals surface area (Å²) in [6, 6.07) is 0. The average Bonchev–Trinajstić information content (AvgIpc) is 2.85. The Labute approximate surface area is 127 Å². The van der Waals surface area contributed by atoms with Crippen molar-refractivity contribution < 1.29 is 12.7 Å². The smallest absolute Gasteiger partial charge is 0.416 e. The molecule has 0 aliphatic heterocycles. The quantitative estimate of drug-likeness (QED) is 0.538. The van der Waals surface area contributed by atoms with Crippen LogP contribution in [0.5, 0.6) is 0 Å². The fourth-order valence-corrected chi connectivity index (χ4v) is 14.4. The third-order valence-electron chi connectivity index (χ3n) is 3.91. The number of hydrogen-bond donors (Lipinski definition) is 0. The number of rotatable bonds is 6. The van der Waals surface area contributed by atoms with Gasteiger partial charge in [0.2, 0.25) is 0 Å². The number of hydrogen-bond acceptors (Lipinski definition) is 3. The molecule has 0 radical (unpaired) electrons. The van der Waals surface area contributed by atoms with Gasteiger partial charge in [-0.1, -0.05) is 12.2 Å². The Balaban J connectivity index is 2.29. The molecule has 1 saturated carbocycles. The first kappa shape index (κ1) is 16.6. The maximum atomic E-state index is 6.62. The first-order valence-corrected chi connectivity index (χ1v) is 16.3. The van der Waals surface area contributed by atoms with E-state index in [1.807, 2.05) is 7.11 Å². The van der Waals surface area contributed by atoms with Gasteiger partial charge in [-0.25, -0.2) is 0 Å². The van der Waals surface area contributed by atoms with E-state index in [9.17, 15) is 0 Å². The molecule has 0 amide bonds. The van der Waals surface area contributed by atoms with Crippen LogP contribution in [-0.4, -0.2) is 32.5 Å². The topological polar surface area (TPSA) is 27.7 Å². The summed E-state index contributed by atoms with van der Waals surface area (Å²) in [5, 5.41) is 0. The maximum absolute atomic E-state index is 6.62. The van der Waals surface area contributed by atoms with Crippen LogP contribution in [0.15, 0.2) is 12.2 Å². The first-order chi connectivity index (χ1) is 9.05. The van der Waals surface area contributed by atoms with Crippen LogP contribution in [0.2, 0.25) is 44.8 Å². The normalized spacial score (nSPS) is 30.2. The molecule has 3 atom stereocenters. The zero-order chi connectivity index (χ0) is 15.2. The van der Waals surface area contributed by atoms with Gasteiger partial charge >= 0.3 is 8.80 Å². The van der Waals surface area contributed by atoms with Crippen LogP contribution >= 0.6 is 0 Å². The minimum atomic E-state index is -2.59. The molecule has 3 unspecified atom stereocenters. The van der Waals surface area contributed by atoms with Gasteiger partial charge in [-0.3, -0.25) is 0 Å². The number of allylic oxidation sites excluding steroid dienone is 2. The fourth-order valence-electron chi connectivity index (χ4n) is 3.45. The fraction of sp³-hybridized carbons (Fsp3) is 0.857. The van der Waals surface area contributed by atoms with Crippen molar-refractivity contribution in [2.24, 2.45) is 11.8 Å². The molecule has 2 rings (SSSR count). The third-order valence-corrected chi connectivity index (χ3v) is 13.2. The molecule has 0 spiro atoms. The van der Waals surface area contributed by atoms with E-state index in [4.69, 9.17) is 12.7 Å². The van der Waals surface area contributed by atoms with Crippen molar-refractivity contribution in [1.82, 2.24) is 0 Å². The predicted octanol–water partition coefficient (Wildman–Crippen LogP) is 4.24. The summed E-state index contributed by atoms with van der Waals surface area (Å²) >= 11 is 0. The Morgan fingerprint density at radius 1 is 0.850 bits per heavy atom. The standard InChI is InChI=1S/C14H30O3Si3/c1-15-20(16-18(2,3)4,17-19(5,6)7)14-11-12-8-9-13(14)10-12/h8-9,12-14H,10-11H2,1-7H3. The first-order valence-electron chi connectivity index (χ1n) is 7.68. The van der Waals surface area contributed by atoms with Gasteiger partial charge in [0.1, 0.15) is 0 Å². The van der Waals surface area contributed by atoms with Crippen molar-refractivity contribution in [2.75, 3.05) is 7.11 Å². The molecule has 6 heteroatoms. The SMILES string of the molecule is CO[Si](O[Si](C)(C)C)(O[Si](C)(C)C)C1CC2C=CC1C2. The van der Waals surface area contributed by atoms with E-state index in [0.29, 0.717) is 11.5 Å². The van der Waals surface area contributed by atoms with Crippen LogP contribution in [0.4, 0.5) is 0 Å². The largest absolute Gasteiger partial charge is 0.483 e. The molecule has 0 aromatic carbocycles. The van der Waals surface area contributed by atoms with E-state index in [1.54, 1.807) is 0 Å². The molecule has 0 N–H and O–H groups in total. The highest BCUT2D eigenvalue weighted by Gasteiger charge is 2.58. The van der Waals surface area contributed by atoms with E-state index in [1.165, 1.54) is 12.8 Å². The maximum Gasteiger partial charge on any atom is 0.483 e. The second-order valence-corrected chi connectivity index (χ2v) is 20.6. The zero-order valence-corrected chi connectivity index (χ0v) is 17.0. The van der Waals surface area contributed by atoms with Crippen LogP contribution in [0.25, 0.3) is 0 Å². The van der Waals surface area contributed by atoms with Crippen molar-refractivity contribution >= 4 is 25.4 Å². The van der Waals surface area contributed by atoms with Gasteiger partial charge in [0, 0.05) is 12.7 Å². The van der Waals surface area contributed by atoms with Gasteiger partial charge < -0.3 is 12.7 Å².